The minimum absolute atomic E-state index is 0.446. The third kappa shape index (κ3) is 1.10. The Morgan fingerprint density at radius 2 is 2.44 bits per heavy atom. The van der Waals surface area contributed by atoms with Crippen LogP contribution in [-0.4, -0.2) is 17.4 Å². The summed E-state index contributed by atoms with van der Waals surface area (Å²) in [6.45, 7) is 2.68. The molecular weight excluding hydrogens is 114 g/mol. The summed E-state index contributed by atoms with van der Waals surface area (Å²) in [4.78, 5) is 0. The highest BCUT2D eigenvalue weighted by Crippen LogP contribution is 2.06. The predicted octanol–water partition coefficient (Wildman–Crippen LogP) is 0.489. The highest BCUT2D eigenvalue weighted by atomic mass is 15.4. The van der Waals surface area contributed by atoms with Gasteiger partial charge >= 0.3 is 0 Å². The van der Waals surface area contributed by atoms with Gasteiger partial charge in [0.2, 0.25) is 0 Å². The van der Waals surface area contributed by atoms with E-state index in [2.05, 4.69) is 0 Å². The molecule has 3 N–H and O–H groups in total. The van der Waals surface area contributed by atoms with E-state index >= 15 is 0 Å². The van der Waals surface area contributed by atoms with Crippen molar-refractivity contribution in [2.24, 2.45) is 5.84 Å². The second kappa shape index (κ2) is 2.19. The fourth-order valence-corrected chi connectivity index (χ4v) is 0.855. The molecule has 0 aliphatic carbocycles. The first-order valence-corrected chi connectivity index (χ1v) is 2.99. The highest BCUT2D eigenvalue weighted by Gasteiger charge is 2.09. The molecule has 0 unspecified atom stereocenters. The molecule has 0 aromatic rings. The Hall–Kier alpha value is -0.830. The molecule has 0 aromatic heterocycles. The third-order valence-corrected chi connectivity index (χ3v) is 1.48. The fraction of sp³-hybridized carbons (Fsp3) is 0.500. The van der Waals surface area contributed by atoms with E-state index in [9.17, 15) is 0 Å². The van der Waals surface area contributed by atoms with Crippen LogP contribution in [0.1, 0.15) is 13.3 Å². The highest BCUT2D eigenvalue weighted by molar-refractivity contribution is 5.95. The summed E-state index contributed by atoms with van der Waals surface area (Å²) in [5.74, 6) is 5.88. The van der Waals surface area contributed by atoms with E-state index in [1.54, 1.807) is 0 Å². The van der Waals surface area contributed by atoms with Crippen molar-refractivity contribution in [1.29, 1.82) is 5.41 Å². The molecule has 0 saturated carbocycles. The number of rotatable bonds is 0. The maximum atomic E-state index is 7.33. The van der Waals surface area contributed by atoms with Gasteiger partial charge in [-0.15, -0.1) is 0 Å². The standard InChI is InChI=1S/C6H11N3/c1-5-3-2-4-9(8)6(5)7/h3,7H,2,4,8H2,1H3. The van der Waals surface area contributed by atoms with Gasteiger partial charge in [0.1, 0.15) is 5.84 Å². The molecule has 0 radical (unpaired) electrons. The van der Waals surface area contributed by atoms with Crippen molar-refractivity contribution in [3.05, 3.63) is 11.6 Å². The van der Waals surface area contributed by atoms with Crippen LogP contribution in [0.15, 0.2) is 11.6 Å². The van der Waals surface area contributed by atoms with Crippen LogP contribution in [0.5, 0.6) is 0 Å². The lowest BCUT2D eigenvalue weighted by atomic mass is 10.1. The van der Waals surface area contributed by atoms with Crippen LogP contribution >= 0.6 is 0 Å². The van der Waals surface area contributed by atoms with E-state index in [1.165, 1.54) is 5.01 Å². The first kappa shape index (κ1) is 6.29. The maximum absolute atomic E-state index is 7.33. The lowest BCUT2D eigenvalue weighted by Crippen LogP contribution is -2.40. The second-order valence-electron chi connectivity index (χ2n) is 2.22. The molecule has 3 heteroatoms. The van der Waals surface area contributed by atoms with Gasteiger partial charge in [0, 0.05) is 6.54 Å². The molecule has 1 aliphatic rings. The van der Waals surface area contributed by atoms with E-state index in [0.29, 0.717) is 5.84 Å². The molecule has 0 bridgehead atoms. The number of nitrogens with one attached hydrogen (secondary N) is 1. The van der Waals surface area contributed by atoms with Gasteiger partial charge in [-0.25, -0.2) is 5.84 Å². The van der Waals surface area contributed by atoms with Gasteiger partial charge in [-0.3, -0.25) is 10.4 Å². The van der Waals surface area contributed by atoms with E-state index in [4.69, 9.17) is 11.3 Å². The monoisotopic (exact) mass is 125 g/mol. The van der Waals surface area contributed by atoms with Gasteiger partial charge in [-0.2, -0.15) is 0 Å². The minimum Gasteiger partial charge on any atom is -0.295 e. The van der Waals surface area contributed by atoms with Gasteiger partial charge in [0.05, 0.1) is 0 Å². The van der Waals surface area contributed by atoms with E-state index in [-0.39, 0.29) is 0 Å². The molecule has 3 nitrogen and oxygen atoms in total. The van der Waals surface area contributed by atoms with Gasteiger partial charge < -0.3 is 0 Å². The third-order valence-electron chi connectivity index (χ3n) is 1.48. The number of hydrogen-bond acceptors (Lipinski definition) is 2. The van der Waals surface area contributed by atoms with Crippen LogP contribution in [0, 0.1) is 5.41 Å². The molecule has 9 heavy (non-hydrogen) atoms. The molecule has 50 valence electrons. The van der Waals surface area contributed by atoms with Crippen molar-refractivity contribution in [1.82, 2.24) is 5.01 Å². The van der Waals surface area contributed by atoms with Crippen molar-refractivity contribution < 1.29 is 0 Å². The maximum Gasteiger partial charge on any atom is 0.137 e. The Bertz CT molecular complexity index is 160. The Kier molecular flexibility index (Phi) is 1.53. The summed E-state index contributed by atoms with van der Waals surface area (Å²) in [7, 11) is 0. The van der Waals surface area contributed by atoms with Crippen molar-refractivity contribution >= 4 is 5.84 Å². The van der Waals surface area contributed by atoms with Crippen molar-refractivity contribution in [2.45, 2.75) is 13.3 Å². The molecule has 0 saturated heterocycles. The number of nitrogens with two attached hydrogens (primary N) is 1. The molecule has 0 aromatic carbocycles. The normalized spacial score (nSPS) is 20.0. The molecule has 1 heterocycles. The summed E-state index contributed by atoms with van der Waals surface area (Å²) < 4.78 is 0. The summed E-state index contributed by atoms with van der Waals surface area (Å²) in [6, 6.07) is 0. The van der Waals surface area contributed by atoms with Crippen LogP contribution in [0.4, 0.5) is 0 Å². The zero-order valence-electron chi connectivity index (χ0n) is 5.52. The topological polar surface area (TPSA) is 53.1 Å². The Labute approximate surface area is 54.6 Å². The molecule has 0 atom stereocenters. The Balaban J connectivity index is 2.74. The zero-order valence-corrected chi connectivity index (χ0v) is 5.52. The summed E-state index contributed by atoms with van der Waals surface area (Å²) >= 11 is 0. The molecule has 0 spiro atoms. The molecular formula is C6H11N3. The predicted molar refractivity (Wildman–Crippen MR) is 37.0 cm³/mol. The van der Waals surface area contributed by atoms with Crippen molar-refractivity contribution in [3.63, 3.8) is 0 Å². The van der Waals surface area contributed by atoms with Crippen molar-refractivity contribution in [3.8, 4) is 0 Å². The molecule has 1 aliphatic heterocycles. The Morgan fingerprint density at radius 1 is 1.78 bits per heavy atom. The average molecular weight is 125 g/mol. The molecule has 0 fully saturated rings. The van der Waals surface area contributed by atoms with Crippen LogP contribution in [-0.2, 0) is 0 Å². The molecule has 0 amide bonds. The quantitative estimate of drug-likeness (QED) is 0.463. The summed E-state index contributed by atoms with van der Waals surface area (Å²) in [5, 5.41) is 8.80. The summed E-state index contributed by atoms with van der Waals surface area (Å²) in [6.07, 6.45) is 3.00. The zero-order chi connectivity index (χ0) is 6.85. The number of nitrogens with zero attached hydrogens (tertiary/aromatic N) is 1. The minimum atomic E-state index is 0.446. The van der Waals surface area contributed by atoms with Gasteiger partial charge in [0.15, 0.2) is 0 Å². The molecule has 1 rings (SSSR count). The second-order valence-corrected chi connectivity index (χ2v) is 2.22. The summed E-state index contributed by atoms with van der Waals surface area (Å²) in [5.41, 5.74) is 0.976. The van der Waals surface area contributed by atoms with E-state index in [0.717, 1.165) is 18.5 Å². The van der Waals surface area contributed by atoms with Crippen LogP contribution < -0.4 is 5.84 Å². The lowest BCUT2D eigenvalue weighted by molar-refractivity contribution is 0.435. The van der Waals surface area contributed by atoms with Gasteiger partial charge in [-0.05, 0) is 18.9 Å². The number of hydrazine groups is 1. The van der Waals surface area contributed by atoms with Gasteiger partial charge in [-0.1, -0.05) is 6.08 Å². The van der Waals surface area contributed by atoms with Gasteiger partial charge in [0.25, 0.3) is 0 Å². The smallest absolute Gasteiger partial charge is 0.137 e. The fourth-order valence-electron chi connectivity index (χ4n) is 0.855. The SMILES string of the molecule is CC1=CCCN(N)C1=N. The first-order valence-electron chi connectivity index (χ1n) is 2.99. The van der Waals surface area contributed by atoms with Crippen LogP contribution in [0.25, 0.3) is 0 Å². The Morgan fingerprint density at radius 3 is 2.89 bits per heavy atom. The van der Waals surface area contributed by atoms with Crippen molar-refractivity contribution in [2.75, 3.05) is 6.54 Å². The first-order chi connectivity index (χ1) is 4.22. The van der Waals surface area contributed by atoms with E-state index in [1.807, 2.05) is 13.0 Å². The number of amidine groups is 1. The average Bonchev–Trinajstić information content (AvgIpc) is 1.83. The van der Waals surface area contributed by atoms with Crippen LogP contribution in [0.2, 0.25) is 0 Å². The van der Waals surface area contributed by atoms with E-state index < -0.39 is 0 Å². The van der Waals surface area contributed by atoms with Crippen LogP contribution in [0.3, 0.4) is 0 Å². The number of hydrogen-bond donors (Lipinski definition) is 2. The largest absolute Gasteiger partial charge is 0.295 e. The lowest BCUT2D eigenvalue weighted by Gasteiger charge is -2.22.